The van der Waals surface area contributed by atoms with Crippen LogP contribution >= 0.6 is 0 Å². The molecule has 3 N–H and O–H groups in total. The Kier molecular flexibility index (Phi) is 4.50. The van der Waals surface area contributed by atoms with E-state index in [1.807, 2.05) is 28.8 Å². The van der Waals surface area contributed by atoms with E-state index in [0.29, 0.717) is 25.5 Å². The average molecular weight is 475 g/mol. The zero-order valence-corrected chi connectivity index (χ0v) is 19.3. The number of H-pyrrole nitrogens is 1. The lowest BCUT2D eigenvalue weighted by Crippen LogP contribution is -2.39. The van der Waals surface area contributed by atoms with Crippen molar-refractivity contribution in [2.24, 2.45) is 5.73 Å². The number of rotatable bonds is 3. The molecule has 9 nitrogen and oxygen atoms in total. The number of aromatic nitrogens is 6. The van der Waals surface area contributed by atoms with E-state index in [-0.39, 0.29) is 0 Å². The van der Waals surface area contributed by atoms with Crippen molar-refractivity contribution in [3.8, 4) is 11.4 Å². The molecule has 0 aliphatic carbocycles. The second-order valence-electron chi connectivity index (χ2n) is 9.16. The number of primary amides is 1. The quantitative estimate of drug-likeness (QED) is 0.402. The minimum absolute atomic E-state index is 0.393. The predicted octanol–water partition coefficient (Wildman–Crippen LogP) is 4.01. The van der Waals surface area contributed by atoms with Crippen LogP contribution in [0.3, 0.4) is 0 Å². The molecule has 0 fully saturated rings. The summed E-state index contributed by atoms with van der Waals surface area (Å²) in [5, 5.41) is 2.17. The number of amides is 2. The fourth-order valence-corrected chi connectivity index (χ4v) is 5.07. The number of hydrogen-bond acceptors (Lipinski definition) is 5. The number of nitrogens with two attached hydrogens (primary N) is 1. The summed E-state index contributed by atoms with van der Waals surface area (Å²) in [7, 11) is 0. The molecule has 7 rings (SSSR count). The van der Waals surface area contributed by atoms with Gasteiger partial charge in [0.25, 0.3) is 0 Å². The van der Waals surface area contributed by atoms with Gasteiger partial charge in [-0.3, -0.25) is 4.98 Å². The van der Waals surface area contributed by atoms with E-state index in [1.165, 1.54) is 0 Å². The summed E-state index contributed by atoms with van der Waals surface area (Å²) < 4.78 is 2.04. The van der Waals surface area contributed by atoms with Crippen molar-refractivity contribution in [3.63, 3.8) is 0 Å². The number of nitrogens with one attached hydrogen (secondary N) is 1. The molecule has 2 aromatic carbocycles. The molecule has 2 amide bonds. The van der Waals surface area contributed by atoms with Gasteiger partial charge in [0, 0.05) is 58.8 Å². The van der Waals surface area contributed by atoms with Crippen LogP contribution in [-0.2, 0) is 19.5 Å². The van der Waals surface area contributed by atoms with Crippen LogP contribution in [0.25, 0.3) is 44.4 Å². The van der Waals surface area contributed by atoms with Gasteiger partial charge in [-0.25, -0.2) is 19.7 Å². The number of carbonyl (C=O) groups excluding carboxylic acids is 1. The lowest BCUT2D eigenvalue weighted by molar-refractivity contribution is 0.202. The number of imidazole rings is 1. The molecule has 0 radical (unpaired) electrons. The molecule has 0 atom stereocenters. The third-order valence-corrected chi connectivity index (χ3v) is 6.92. The second kappa shape index (κ2) is 7.88. The van der Waals surface area contributed by atoms with Gasteiger partial charge in [0.05, 0.1) is 24.6 Å². The fraction of sp³-hybridized carbons (Fsp3) is 0.148. The van der Waals surface area contributed by atoms with Crippen molar-refractivity contribution < 1.29 is 4.79 Å². The number of nitrogens with zero attached hydrogens (tertiary/aromatic N) is 6. The summed E-state index contributed by atoms with van der Waals surface area (Å²) in [6.07, 6.45) is 6.14. The van der Waals surface area contributed by atoms with E-state index in [4.69, 9.17) is 10.7 Å². The fourth-order valence-electron chi connectivity index (χ4n) is 5.07. The van der Waals surface area contributed by atoms with Crippen molar-refractivity contribution in [2.75, 3.05) is 6.54 Å². The molecular weight excluding hydrogens is 452 g/mol. The maximum Gasteiger partial charge on any atom is 0.315 e. The Balaban J connectivity index is 1.26. The predicted molar refractivity (Wildman–Crippen MR) is 137 cm³/mol. The molecule has 1 aliphatic heterocycles. The summed E-state index contributed by atoms with van der Waals surface area (Å²) in [5.41, 5.74) is 13.4. The van der Waals surface area contributed by atoms with Gasteiger partial charge in [-0.1, -0.05) is 12.1 Å². The second-order valence-corrected chi connectivity index (χ2v) is 9.16. The maximum atomic E-state index is 11.7. The topological polar surface area (TPSA) is 119 Å². The van der Waals surface area contributed by atoms with Crippen molar-refractivity contribution in [1.29, 1.82) is 0 Å². The molecule has 0 saturated heterocycles. The number of carbonyl (C=O) groups is 1. The van der Waals surface area contributed by atoms with Crippen molar-refractivity contribution >= 4 is 39.0 Å². The highest BCUT2D eigenvalue weighted by Gasteiger charge is 2.23. The third kappa shape index (κ3) is 3.36. The van der Waals surface area contributed by atoms with Gasteiger partial charge in [0.1, 0.15) is 5.52 Å². The Hall–Kier alpha value is -4.79. The smallest absolute Gasteiger partial charge is 0.315 e. The largest absolute Gasteiger partial charge is 0.358 e. The summed E-state index contributed by atoms with van der Waals surface area (Å²) in [4.78, 5) is 35.3. The molecule has 176 valence electrons. The highest BCUT2D eigenvalue weighted by atomic mass is 16.2. The van der Waals surface area contributed by atoms with Crippen molar-refractivity contribution in [3.05, 3.63) is 84.1 Å². The number of hydrogen-bond donors (Lipinski definition) is 2. The Morgan fingerprint density at radius 2 is 2.00 bits per heavy atom. The normalized spacial score (nSPS) is 13.5. The number of pyridine rings is 1. The summed E-state index contributed by atoms with van der Waals surface area (Å²) in [5.74, 6) is 0.631. The van der Waals surface area contributed by atoms with Crippen LogP contribution in [0.15, 0.2) is 67.3 Å². The number of aromatic amines is 1. The van der Waals surface area contributed by atoms with Crippen LogP contribution < -0.4 is 5.73 Å². The monoisotopic (exact) mass is 474 g/mol. The first kappa shape index (κ1) is 20.6. The highest BCUT2D eigenvalue weighted by Crippen LogP contribution is 2.31. The van der Waals surface area contributed by atoms with Crippen LogP contribution in [0, 0.1) is 0 Å². The van der Waals surface area contributed by atoms with E-state index in [1.54, 1.807) is 23.6 Å². The van der Waals surface area contributed by atoms with E-state index in [9.17, 15) is 4.79 Å². The van der Waals surface area contributed by atoms with E-state index < -0.39 is 6.03 Å². The van der Waals surface area contributed by atoms with Gasteiger partial charge in [-0.15, -0.1) is 0 Å². The van der Waals surface area contributed by atoms with Gasteiger partial charge in [0.15, 0.2) is 11.5 Å². The van der Waals surface area contributed by atoms with E-state index in [2.05, 4.69) is 44.2 Å². The van der Waals surface area contributed by atoms with Crippen LogP contribution in [0.2, 0.25) is 0 Å². The number of urea groups is 1. The molecule has 0 spiro atoms. The van der Waals surface area contributed by atoms with Crippen LogP contribution in [0.4, 0.5) is 4.79 Å². The molecule has 1 aliphatic rings. The molecule has 36 heavy (non-hydrogen) atoms. The number of benzene rings is 2. The Morgan fingerprint density at radius 1 is 1.06 bits per heavy atom. The zero-order valence-electron chi connectivity index (χ0n) is 19.3. The first-order chi connectivity index (χ1) is 17.6. The van der Waals surface area contributed by atoms with E-state index in [0.717, 1.165) is 61.8 Å². The Bertz CT molecular complexity index is 1800. The van der Waals surface area contributed by atoms with Crippen LogP contribution in [0.1, 0.15) is 16.8 Å². The van der Waals surface area contributed by atoms with Crippen LogP contribution in [-0.4, -0.2) is 47.0 Å². The number of fused-ring (bicyclic) bond motifs is 5. The third-order valence-electron chi connectivity index (χ3n) is 6.92. The van der Waals surface area contributed by atoms with Crippen LogP contribution in [0.5, 0.6) is 0 Å². The molecular formula is C27H22N8O. The van der Waals surface area contributed by atoms with Crippen molar-refractivity contribution in [2.45, 2.75) is 19.5 Å². The molecule has 4 aromatic heterocycles. The molecule has 0 bridgehead atoms. The van der Waals surface area contributed by atoms with Gasteiger partial charge in [-0.05, 0) is 42.0 Å². The average Bonchev–Trinajstić information content (AvgIpc) is 3.48. The van der Waals surface area contributed by atoms with Gasteiger partial charge in [0.2, 0.25) is 0 Å². The summed E-state index contributed by atoms with van der Waals surface area (Å²) in [6.45, 7) is 1.77. The van der Waals surface area contributed by atoms with Gasteiger partial charge in [-0.2, -0.15) is 0 Å². The summed E-state index contributed by atoms with van der Waals surface area (Å²) >= 11 is 0. The first-order valence-corrected chi connectivity index (χ1v) is 11.8. The zero-order chi connectivity index (χ0) is 24.2. The molecule has 9 heteroatoms. The molecule has 0 saturated carbocycles. The summed E-state index contributed by atoms with van der Waals surface area (Å²) in [6, 6.07) is 16.1. The first-order valence-electron chi connectivity index (χ1n) is 11.8. The minimum Gasteiger partial charge on any atom is -0.358 e. The lowest BCUT2D eigenvalue weighted by atomic mass is 10.0. The molecule has 6 aromatic rings. The van der Waals surface area contributed by atoms with Gasteiger partial charge >= 0.3 is 6.03 Å². The van der Waals surface area contributed by atoms with E-state index >= 15 is 0 Å². The van der Waals surface area contributed by atoms with Gasteiger partial charge < -0.3 is 20.2 Å². The standard InChI is InChI=1S/C27H22N8O/c28-27(36)34-9-7-23-20(14-34)19-11-18(4-6-22(19)32-23)25-30-12-24-26(33-25)35(15-31-24)13-16-3-5-21-17(10-16)2-1-8-29-21/h1-6,8,10-12,15,32H,7,9,13-14H2,(H2,28,36). The Morgan fingerprint density at radius 3 is 2.92 bits per heavy atom. The maximum absolute atomic E-state index is 11.7. The molecule has 5 heterocycles. The SMILES string of the molecule is NC(=O)N1CCc2[nH]c3ccc(-c4ncc5ncn(Cc6ccc7ncccc7c6)c5n4)cc3c2C1. The minimum atomic E-state index is -0.393. The lowest BCUT2D eigenvalue weighted by Gasteiger charge is -2.25. The highest BCUT2D eigenvalue weighted by molar-refractivity contribution is 5.89. The molecule has 0 unspecified atom stereocenters. The van der Waals surface area contributed by atoms with Crippen molar-refractivity contribution in [1.82, 2.24) is 34.4 Å². The Labute approximate surface area is 205 Å².